The molecule has 0 aliphatic carbocycles. The Morgan fingerprint density at radius 3 is 2.00 bits per heavy atom. The van der Waals surface area contributed by atoms with Crippen molar-refractivity contribution < 1.29 is 14.7 Å². The summed E-state index contributed by atoms with van der Waals surface area (Å²) in [7, 11) is 2.93. The van der Waals surface area contributed by atoms with Gasteiger partial charge in [0.15, 0.2) is 12.6 Å². The summed E-state index contributed by atoms with van der Waals surface area (Å²) in [4.78, 5) is 24.0. The van der Waals surface area contributed by atoms with Crippen LogP contribution < -0.4 is 10.6 Å². The van der Waals surface area contributed by atoms with E-state index in [1.807, 2.05) is 51.2 Å². The Bertz CT molecular complexity index is 1540. The predicted octanol–water partition coefficient (Wildman–Crippen LogP) is 8.69. The van der Waals surface area contributed by atoms with E-state index in [4.69, 9.17) is 39.9 Å². The molecular formula is C31H32Cl3N3O3. The fourth-order valence-corrected chi connectivity index (χ4v) is 4.38. The Hall–Kier alpha value is -3.39. The van der Waals surface area contributed by atoms with Crippen LogP contribution in [0, 0.1) is 0 Å². The summed E-state index contributed by atoms with van der Waals surface area (Å²) in [6.45, 7) is 4.74. The number of rotatable bonds is 6. The van der Waals surface area contributed by atoms with E-state index < -0.39 is 0 Å². The summed E-state index contributed by atoms with van der Waals surface area (Å²) in [6, 6.07) is 22.3. The highest BCUT2D eigenvalue weighted by molar-refractivity contribution is 6.42. The number of aliphatic hydroxyl groups excluding tert-OH is 1. The van der Waals surface area contributed by atoms with Crippen molar-refractivity contribution in [3.05, 3.63) is 105 Å². The van der Waals surface area contributed by atoms with Crippen molar-refractivity contribution in [1.29, 1.82) is 0 Å². The second kappa shape index (κ2) is 16.7. The van der Waals surface area contributed by atoms with Crippen molar-refractivity contribution in [1.82, 2.24) is 10.3 Å². The molecule has 4 aromatic carbocycles. The molecule has 0 saturated carbocycles. The summed E-state index contributed by atoms with van der Waals surface area (Å²) in [5.41, 5.74) is 6.08. The summed E-state index contributed by atoms with van der Waals surface area (Å²) >= 11 is 18.4. The highest BCUT2D eigenvalue weighted by atomic mass is 35.5. The molecule has 0 amide bonds. The van der Waals surface area contributed by atoms with E-state index in [1.165, 1.54) is 5.56 Å². The zero-order chi connectivity index (χ0) is 29.7. The third-order valence-electron chi connectivity index (χ3n) is 5.58. The number of aromatic nitrogens is 1. The van der Waals surface area contributed by atoms with Crippen molar-refractivity contribution in [2.75, 3.05) is 19.5 Å². The van der Waals surface area contributed by atoms with E-state index in [2.05, 4.69) is 27.8 Å². The van der Waals surface area contributed by atoms with E-state index in [-0.39, 0.29) is 0 Å². The Balaban J connectivity index is 0.000000336. The Labute approximate surface area is 249 Å². The minimum absolute atomic E-state index is 0.442. The highest BCUT2D eigenvalue weighted by Gasteiger charge is 2.11. The molecule has 6 nitrogen and oxygen atoms in total. The molecular weight excluding hydrogens is 569 g/mol. The topological polar surface area (TPSA) is 94.2 Å². The Morgan fingerprint density at radius 1 is 0.775 bits per heavy atom. The number of carbonyl (C=O) groups excluding carboxylic acids is 2. The van der Waals surface area contributed by atoms with Crippen LogP contribution in [0.5, 0.6) is 0 Å². The molecule has 4 N–H and O–H groups in total. The van der Waals surface area contributed by atoms with E-state index in [0.717, 1.165) is 51.9 Å². The first-order valence-electron chi connectivity index (χ1n) is 12.5. The number of H-pyrrole nitrogens is 1. The Kier molecular flexibility index (Phi) is 13.7. The molecule has 0 aliphatic heterocycles. The van der Waals surface area contributed by atoms with Crippen LogP contribution in [-0.4, -0.2) is 36.8 Å². The second-order valence-electron chi connectivity index (χ2n) is 8.02. The minimum atomic E-state index is 0.442. The van der Waals surface area contributed by atoms with E-state index in [0.29, 0.717) is 33.7 Å². The molecule has 0 saturated heterocycles. The van der Waals surface area contributed by atoms with Crippen molar-refractivity contribution in [3.8, 4) is 0 Å². The zero-order valence-corrected chi connectivity index (χ0v) is 25.0. The van der Waals surface area contributed by atoms with Gasteiger partial charge in [0.2, 0.25) is 0 Å². The number of aldehydes is 2. The molecule has 0 bridgehead atoms. The average molecular weight is 601 g/mol. The maximum atomic E-state index is 10.2. The van der Waals surface area contributed by atoms with Crippen molar-refractivity contribution in [2.45, 2.75) is 20.4 Å². The molecule has 1 aromatic heterocycles. The monoisotopic (exact) mass is 599 g/mol. The molecule has 40 heavy (non-hydrogen) atoms. The lowest BCUT2D eigenvalue weighted by atomic mass is 10.1. The first-order valence-corrected chi connectivity index (χ1v) is 13.6. The number of carbonyl (C=O) groups is 2. The number of aromatic amines is 1. The lowest BCUT2D eigenvalue weighted by Gasteiger charge is -2.11. The molecule has 0 aliphatic rings. The van der Waals surface area contributed by atoms with Crippen LogP contribution in [0.25, 0.3) is 21.8 Å². The number of hydrogen-bond acceptors (Lipinski definition) is 5. The third kappa shape index (κ3) is 8.31. The van der Waals surface area contributed by atoms with Gasteiger partial charge in [-0.15, -0.1) is 0 Å². The summed E-state index contributed by atoms with van der Waals surface area (Å²) in [6.07, 6.45) is 1.34. The zero-order valence-electron chi connectivity index (χ0n) is 22.7. The third-order valence-corrected chi connectivity index (χ3v) is 6.55. The van der Waals surface area contributed by atoms with Crippen LogP contribution in [0.15, 0.2) is 72.8 Å². The molecule has 210 valence electrons. The fraction of sp³-hybridized carbons (Fsp3) is 0.161. The van der Waals surface area contributed by atoms with Crippen LogP contribution in [-0.2, 0) is 6.54 Å². The van der Waals surface area contributed by atoms with Gasteiger partial charge in [0, 0.05) is 57.5 Å². The molecule has 5 rings (SSSR count). The number of nitrogens with one attached hydrogen (secondary N) is 3. The van der Waals surface area contributed by atoms with Crippen LogP contribution in [0.1, 0.15) is 40.1 Å². The molecule has 0 fully saturated rings. The van der Waals surface area contributed by atoms with Gasteiger partial charge in [-0.2, -0.15) is 0 Å². The summed E-state index contributed by atoms with van der Waals surface area (Å²) in [5, 5.41) is 17.6. The molecule has 9 heteroatoms. The molecule has 0 spiro atoms. The number of halogens is 3. The largest absolute Gasteiger partial charge is 0.400 e. The van der Waals surface area contributed by atoms with Gasteiger partial charge in [0.1, 0.15) is 0 Å². The van der Waals surface area contributed by atoms with Crippen LogP contribution in [0.3, 0.4) is 0 Å². The highest BCUT2D eigenvalue weighted by Crippen LogP contribution is 2.34. The van der Waals surface area contributed by atoms with Gasteiger partial charge in [-0.25, -0.2) is 0 Å². The van der Waals surface area contributed by atoms with Crippen LogP contribution in [0.4, 0.5) is 11.4 Å². The van der Waals surface area contributed by atoms with Crippen LogP contribution in [0.2, 0.25) is 15.1 Å². The minimum Gasteiger partial charge on any atom is -0.400 e. The smallest absolute Gasteiger partial charge is 0.150 e. The first kappa shape index (κ1) is 32.8. The summed E-state index contributed by atoms with van der Waals surface area (Å²) in [5.74, 6) is 0. The number of aliphatic hydroxyl groups is 1. The van der Waals surface area contributed by atoms with E-state index in [9.17, 15) is 9.59 Å². The molecule has 1 heterocycles. The number of fused-ring (bicyclic) bond motifs is 3. The Morgan fingerprint density at radius 2 is 1.43 bits per heavy atom. The number of hydrogen-bond donors (Lipinski definition) is 4. The number of benzene rings is 4. The van der Waals surface area contributed by atoms with E-state index >= 15 is 0 Å². The van der Waals surface area contributed by atoms with Gasteiger partial charge in [-0.05, 0) is 61.1 Å². The first-order chi connectivity index (χ1) is 19.4. The van der Waals surface area contributed by atoms with Gasteiger partial charge in [-0.3, -0.25) is 9.59 Å². The van der Waals surface area contributed by atoms with Gasteiger partial charge >= 0.3 is 0 Å². The predicted molar refractivity (Wildman–Crippen MR) is 170 cm³/mol. The molecule has 5 aromatic rings. The summed E-state index contributed by atoms with van der Waals surface area (Å²) < 4.78 is 0. The van der Waals surface area contributed by atoms with Crippen molar-refractivity contribution >= 4 is 80.6 Å². The number of anilines is 2. The standard InChI is InChI=1S/C20H16Cl3N3.C8H6O2.C2H6.CH4O/c1-24-10-11-6-14(25-13-3-4-17(22)18(23)9-13)8-16-15-7-12(21)2-5-19(15)26-20(11)16;9-5-7-3-1-2-4-8(7)6-10;2*1-2/h2-9,24-26H,10H2,1H3;1-6H;1-2H3;2H,1H3. The lowest BCUT2D eigenvalue weighted by Crippen LogP contribution is -2.06. The normalized spacial score (nSPS) is 9.90. The maximum Gasteiger partial charge on any atom is 0.150 e. The van der Waals surface area contributed by atoms with Gasteiger partial charge in [0.05, 0.1) is 15.6 Å². The average Bonchev–Trinajstić information content (AvgIpc) is 3.35. The van der Waals surface area contributed by atoms with Gasteiger partial charge in [0.25, 0.3) is 0 Å². The fourth-order valence-electron chi connectivity index (χ4n) is 3.91. The molecule has 0 unspecified atom stereocenters. The SMILES string of the molecule is CC.CNCc1cc(Nc2ccc(Cl)c(Cl)c2)cc2c1[nH]c1ccc(Cl)cc12.CO.O=Cc1ccccc1C=O. The van der Waals surface area contributed by atoms with Gasteiger partial charge < -0.3 is 20.7 Å². The molecule has 0 atom stereocenters. The van der Waals surface area contributed by atoms with Crippen molar-refractivity contribution in [2.24, 2.45) is 0 Å². The van der Waals surface area contributed by atoms with E-state index in [1.54, 1.807) is 30.3 Å². The molecule has 0 radical (unpaired) electrons. The quantitative estimate of drug-likeness (QED) is 0.146. The lowest BCUT2D eigenvalue weighted by molar-refractivity contribution is 0.109. The van der Waals surface area contributed by atoms with Crippen molar-refractivity contribution in [3.63, 3.8) is 0 Å². The second-order valence-corrected chi connectivity index (χ2v) is 9.27. The van der Waals surface area contributed by atoms with Gasteiger partial charge in [-0.1, -0.05) is 72.9 Å². The maximum absolute atomic E-state index is 10.2. The van der Waals surface area contributed by atoms with Crippen LogP contribution >= 0.6 is 34.8 Å².